The van der Waals surface area contributed by atoms with Gasteiger partial charge < -0.3 is 5.32 Å². The molecule has 0 spiro atoms. The number of nitrogens with zero attached hydrogens (tertiary/aromatic N) is 4. The van der Waals surface area contributed by atoms with Crippen LogP contribution >= 0.6 is 0 Å². The van der Waals surface area contributed by atoms with Gasteiger partial charge in [-0.2, -0.15) is 5.10 Å². The topological polar surface area (TPSA) is 89.8 Å². The first-order valence-corrected chi connectivity index (χ1v) is 6.86. The molecule has 0 aromatic carbocycles. The zero-order valence-corrected chi connectivity index (χ0v) is 11.4. The third-order valence-corrected chi connectivity index (χ3v) is 3.29. The maximum Gasteiger partial charge on any atom is 0.271 e. The molecule has 3 rings (SSSR count). The molecule has 2 heterocycles. The molecule has 108 valence electrons. The van der Waals surface area contributed by atoms with E-state index in [9.17, 15) is 9.59 Å². The molecule has 0 radical (unpaired) electrons. The Morgan fingerprint density at radius 1 is 1.33 bits per heavy atom. The number of hydrogen-bond donors (Lipinski definition) is 1. The lowest BCUT2D eigenvalue weighted by Crippen LogP contribution is -2.32. The highest BCUT2D eigenvalue weighted by Gasteiger charge is 2.25. The van der Waals surface area contributed by atoms with E-state index in [1.165, 1.54) is 29.3 Å². The molecule has 0 aliphatic heterocycles. The van der Waals surface area contributed by atoms with E-state index in [1.807, 2.05) is 0 Å². The lowest BCUT2D eigenvalue weighted by atomic mass is 10.3. The summed E-state index contributed by atoms with van der Waals surface area (Å²) >= 11 is 0. The lowest BCUT2D eigenvalue weighted by Gasteiger charge is -2.07. The molecule has 1 saturated carbocycles. The molecule has 0 bridgehead atoms. The highest BCUT2D eigenvalue weighted by atomic mass is 16.2. The Morgan fingerprint density at radius 3 is 2.90 bits per heavy atom. The van der Waals surface area contributed by atoms with Gasteiger partial charge in [-0.15, -0.1) is 0 Å². The molecule has 1 aliphatic carbocycles. The summed E-state index contributed by atoms with van der Waals surface area (Å²) in [5.41, 5.74) is 1.05. The number of nitrogens with one attached hydrogen (secondary N) is 1. The van der Waals surface area contributed by atoms with Gasteiger partial charge in [0, 0.05) is 30.9 Å². The number of rotatable bonds is 5. The number of hydrogen-bond acceptors (Lipinski definition) is 5. The van der Waals surface area contributed by atoms with Crippen LogP contribution in [0.25, 0.3) is 0 Å². The minimum absolute atomic E-state index is 0.159. The number of carbonyl (C=O) groups is 1. The predicted molar refractivity (Wildman–Crippen MR) is 74.8 cm³/mol. The standard InChI is InChI=1S/C14H15N5O2/c20-13-4-3-11(10-1-2-10)18-19(13)8-7-17-14(21)12-9-15-5-6-16-12/h3-6,9-10H,1-2,7-8H2,(H,17,21). The van der Waals surface area contributed by atoms with E-state index in [0.29, 0.717) is 19.0 Å². The van der Waals surface area contributed by atoms with Crippen LogP contribution in [0, 0.1) is 0 Å². The summed E-state index contributed by atoms with van der Waals surface area (Å²) in [4.78, 5) is 31.3. The maximum absolute atomic E-state index is 11.8. The molecule has 1 N–H and O–H groups in total. The van der Waals surface area contributed by atoms with Crippen molar-refractivity contribution in [3.05, 3.63) is 52.5 Å². The van der Waals surface area contributed by atoms with Crippen LogP contribution in [0.15, 0.2) is 35.5 Å². The maximum atomic E-state index is 11.8. The number of aromatic nitrogens is 4. The van der Waals surface area contributed by atoms with Gasteiger partial charge in [0.05, 0.1) is 18.4 Å². The molecule has 2 aromatic rings. The molecule has 1 aliphatic rings. The Balaban J connectivity index is 1.59. The normalized spacial score (nSPS) is 13.9. The molecular formula is C14H15N5O2. The first-order valence-electron chi connectivity index (χ1n) is 6.86. The Bertz CT molecular complexity index is 694. The van der Waals surface area contributed by atoms with Gasteiger partial charge in [-0.1, -0.05) is 0 Å². The zero-order chi connectivity index (χ0) is 14.7. The van der Waals surface area contributed by atoms with Gasteiger partial charge in [0.15, 0.2) is 0 Å². The van der Waals surface area contributed by atoms with Crippen molar-refractivity contribution in [2.75, 3.05) is 6.54 Å². The summed E-state index contributed by atoms with van der Waals surface area (Å²) in [6.45, 7) is 0.655. The van der Waals surface area contributed by atoms with E-state index in [1.54, 1.807) is 6.07 Å². The summed E-state index contributed by atoms with van der Waals surface area (Å²) in [6.07, 6.45) is 6.63. The highest BCUT2D eigenvalue weighted by molar-refractivity contribution is 5.91. The average molecular weight is 285 g/mol. The first-order chi connectivity index (χ1) is 10.2. The second kappa shape index (κ2) is 5.82. The number of amides is 1. The molecule has 0 atom stereocenters. The third kappa shape index (κ3) is 3.31. The van der Waals surface area contributed by atoms with Gasteiger partial charge in [0.25, 0.3) is 11.5 Å². The van der Waals surface area contributed by atoms with Crippen molar-refractivity contribution in [2.45, 2.75) is 25.3 Å². The molecule has 1 fully saturated rings. The van der Waals surface area contributed by atoms with Crippen molar-refractivity contribution < 1.29 is 4.79 Å². The number of carbonyl (C=O) groups excluding carboxylic acids is 1. The van der Waals surface area contributed by atoms with E-state index in [-0.39, 0.29) is 17.2 Å². The second-order valence-electron chi connectivity index (χ2n) is 4.94. The quantitative estimate of drug-likeness (QED) is 0.855. The largest absolute Gasteiger partial charge is 0.349 e. The van der Waals surface area contributed by atoms with E-state index >= 15 is 0 Å². The van der Waals surface area contributed by atoms with Crippen LogP contribution in [0.3, 0.4) is 0 Å². The molecule has 21 heavy (non-hydrogen) atoms. The van der Waals surface area contributed by atoms with Crippen LogP contribution in [0.2, 0.25) is 0 Å². The van der Waals surface area contributed by atoms with E-state index < -0.39 is 0 Å². The summed E-state index contributed by atoms with van der Waals surface area (Å²) in [7, 11) is 0. The second-order valence-corrected chi connectivity index (χ2v) is 4.94. The monoisotopic (exact) mass is 285 g/mol. The Hall–Kier alpha value is -2.57. The van der Waals surface area contributed by atoms with Gasteiger partial charge in [-0.3, -0.25) is 14.6 Å². The molecule has 0 unspecified atom stereocenters. The fourth-order valence-electron chi connectivity index (χ4n) is 2.00. The van der Waals surface area contributed by atoms with Crippen molar-refractivity contribution in [3.63, 3.8) is 0 Å². The molecule has 2 aromatic heterocycles. The van der Waals surface area contributed by atoms with Gasteiger partial charge >= 0.3 is 0 Å². The smallest absolute Gasteiger partial charge is 0.271 e. The average Bonchev–Trinajstić information content (AvgIpc) is 3.35. The molecule has 7 nitrogen and oxygen atoms in total. The van der Waals surface area contributed by atoms with E-state index in [2.05, 4.69) is 20.4 Å². The van der Waals surface area contributed by atoms with Crippen LogP contribution in [-0.2, 0) is 6.54 Å². The third-order valence-electron chi connectivity index (χ3n) is 3.29. The molecule has 7 heteroatoms. The van der Waals surface area contributed by atoms with Gasteiger partial charge in [0.2, 0.25) is 0 Å². The van der Waals surface area contributed by atoms with Crippen molar-refractivity contribution in [1.82, 2.24) is 25.1 Å². The van der Waals surface area contributed by atoms with Gasteiger partial charge in [0.1, 0.15) is 5.69 Å². The van der Waals surface area contributed by atoms with E-state index in [4.69, 9.17) is 0 Å². The van der Waals surface area contributed by atoms with Crippen LogP contribution < -0.4 is 10.9 Å². The highest BCUT2D eigenvalue weighted by Crippen LogP contribution is 2.38. The Kier molecular flexibility index (Phi) is 3.72. The molecule has 0 saturated heterocycles. The lowest BCUT2D eigenvalue weighted by molar-refractivity contribution is 0.0946. The fourth-order valence-corrected chi connectivity index (χ4v) is 2.00. The minimum Gasteiger partial charge on any atom is -0.349 e. The first kappa shape index (κ1) is 13.4. The summed E-state index contributed by atoms with van der Waals surface area (Å²) in [5, 5.41) is 7.03. The summed E-state index contributed by atoms with van der Waals surface area (Å²) < 4.78 is 1.39. The van der Waals surface area contributed by atoms with Crippen LogP contribution in [0.1, 0.15) is 34.9 Å². The van der Waals surface area contributed by atoms with Crippen molar-refractivity contribution >= 4 is 5.91 Å². The summed E-state index contributed by atoms with van der Waals surface area (Å²) in [6, 6.07) is 3.32. The van der Waals surface area contributed by atoms with Crippen molar-refractivity contribution in [2.24, 2.45) is 0 Å². The Labute approximate surface area is 121 Å². The summed E-state index contributed by atoms with van der Waals surface area (Å²) in [5.74, 6) is 0.181. The van der Waals surface area contributed by atoms with Crippen molar-refractivity contribution in [3.8, 4) is 0 Å². The minimum atomic E-state index is -0.311. The molecule has 1 amide bonds. The van der Waals surface area contributed by atoms with E-state index in [0.717, 1.165) is 18.5 Å². The van der Waals surface area contributed by atoms with Gasteiger partial charge in [-0.05, 0) is 18.9 Å². The molecular weight excluding hydrogens is 270 g/mol. The van der Waals surface area contributed by atoms with Crippen LogP contribution in [-0.4, -0.2) is 32.2 Å². The Morgan fingerprint density at radius 2 is 2.19 bits per heavy atom. The SMILES string of the molecule is O=C(NCCn1nc(C2CC2)ccc1=O)c1cnccn1. The van der Waals surface area contributed by atoms with Crippen LogP contribution in [0.5, 0.6) is 0 Å². The van der Waals surface area contributed by atoms with Gasteiger partial charge in [-0.25, -0.2) is 9.67 Å². The predicted octanol–water partition coefficient (Wildman–Crippen LogP) is 0.341. The van der Waals surface area contributed by atoms with Crippen molar-refractivity contribution in [1.29, 1.82) is 0 Å². The fraction of sp³-hybridized carbons (Fsp3) is 0.357. The zero-order valence-electron chi connectivity index (χ0n) is 11.4. The van der Waals surface area contributed by atoms with Crippen LogP contribution in [0.4, 0.5) is 0 Å².